The molecule has 2 atom stereocenters. The lowest BCUT2D eigenvalue weighted by molar-refractivity contribution is -0.912. The van der Waals surface area contributed by atoms with Crippen LogP contribution >= 0.6 is 0 Å². The van der Waals surface area contributed by atoms with Gasteiger partial charge in [-0.3, -0.25) is 9.59 Å². The maximum Gasteiger partial charge on any atom is 0.279 e. The minimum Gasteiger partial charge on any atom is -0.365 e. The molecule has 2 aromatic rings. The van der Waals surface area contributed by atoms with Crippen molar-refractivity contribution in [2.45, 2.75) is 39.0 Å². The van der Waals surface area contributed by atoms with Crippen LogP contribution in [0, 0.1) is 13.8 Å². The molecule has 5 nitrogen and oxygen atoms in total. The highest BCUT2D eigenvalue weighted by Crippen LogP contribution is 2.31. The van der Waals surface area contributed by atoms with Gasteiger partial charge in [-0.1, -0.05) is 48.5 Å². The fraction of sp³-hybridized carbons (Fsp3) is 0.417. The van der Waals surface area contributed by atoms with Gasteiger partial charge in [0, 0.05) is 12.1 Å². The number of para-hydroxylation sites is 1. The van der Waals surface area contributed by atoms with E-state index in [2.05, 4.69) is 29.6 Å². The van der Waals surface area contributed by atoms with Crippen LogP contribution in [0.1, 0.15) is 41.9 Å². The summed E-state index contributed by atoms with van der Waals surface area (Å²) in [4.78, 5) is 24.8. The third kappa shape index (κ3) is 5.45. The van der Waals surface area contributed by atoms with Crippen molar-refractivity contribution in [2.24, 2.45) is 5.73 Å². The fourth-order valence-corrected chi connectivity index (χ4v) is 4.62. The molecule has 0 spiro atoms. The molecule has 0 aromatic heterocycles. The Hall–Kier alpha value is -2.66. The van der Waals surface area contributed by atoms with Crippen LogP contribution in [-0.4, -0.2) is 42.5 Å². The molecule has 3 rings (SSSR count). The Morgan fingerprint density at radius 3 is 2.31 bits per heavy atom. The van der Waals surface area contributed by atoms with E-state index in [0.717, 1.165) is 49.2 Å². The molecule has 5 heteroatoms. The highest BCUT2D eigenvalue weighted by atomic mass is 16.2. The number of hydrogen-bond acceptors (Lipinski definition) is 2. The largest absolute Gasteiger partial charge is 0.365 e. The van der Waals surface area contributed by atoms with E-state index in [1.165, 1.54) is 5.56 Å². The van der Waals surface area contributed by atoms with Gasteiger partial charge in [-0.25, -0.2) is 0 Å². The van der Waals surface area contributed by atoms with Gasteiger partial charge in [0.2, 0.25) is 0 Å². The van der Waals surface area contributed by atoms with Gasteiger partial charge in [0.15, 0.2) is 13.1 Å². The Morgan fingerprint density at radius 2 is 1.66 bits per heavy atom. The van der Waals surface area contributed by atoms with Crippen LogP contribution in [-0.2, 0) is 9.59 Å². The lowest BCUT2D eigenvalue weighted by Crippen LogP contribution is -2.56. The number of likely N-dealkylation sites (tertiary alicyclic amines) is 1. The number of primary amides is 1. The Morgan fingerprint density at radius 1 is 0.966 bits per heavy atom. The number of rotatable bonds is 6. The highest BCUT2D eigenvalue weighted by Gasteiger charge is 2.35. The SMILES string of the molecule is Cc1cccc(C)c1NC(=O)C[N+]1(CC(N)=O)CCCC(c2ccccc2)CC1. The Balaban J connectivity index is 1.74. The minimum atomic E-state index is -0.344. The molecule has 2 unspecified atom stereocenters. The van der Waals surface area contributed by atoms with Gasteiger partial charge in [-0.15, -0.1) is 0 Å². The van der Waals surface area contributed by atoms with Crippen LogP contribution in [0.3, 0.4) is 0 Å². The number of nitrogens with zero attached hydrogens (tertiary/aromatic N) is 1. The highest BCUT2D eigenvalue weighted by molar-refractivity contribution is 5.93. The van der Waals surface area contributed by atoms with Crippen LogP contribution in [0.15, 0.2) is 48.5 Å². The fourth-order valence-electron chi connectivity index (χ4n) is 4.62. The number of benzene rings is 2. The summed E-state index contributed by atoms with van der Waals surface area (Å²) in [7, 11) is 0. The number of hydrogen-bond donors (Lipinski definition) is 2. The molecule has 1 saturated heterocycles. The minimum absolute atomic E-state index is 0.0539. The number of nitrogens with two attached hydrogens (primary N) is 1. The van der Waals surface area contributed by atoms with Crippen molar-refractivity contribution in [1.29, 1.82) is 0 Å². The molecule has 0 saturated carbocycles. The molecule has 0 aliphatic carbocycles. The average Bonchev–Trinajstić information content (AvgIpc) is 2.87. The van der Waals surface area contributed by atoms with Gasteiger partial charge in [0.25, 0.3) is 11.8 Å². The average molecular weight is 395 g/mol. The first-order valence-corrected chi connectivity index (χ1v) is 10.4. The number of aryl methyl sites for hydroxylation is 2. The molecule has 1 aliphatic heterocycles. The first kappa shape index (κ1) is 21.1. The van der Waals surface area contributed by atoms with E-state index < -0.39 is 0 Å². The zero-order chi connectivity index (χ0) is 20.9. The standard InChI is InChI=1S/C24H31N3O2/c1-18-8-6-9-19(2)24(18)26-23(29)17-27(16-22(25)28)14-7-12-21(13-15-27)20-10-4-3-5-11-20/h3-6,8-11,21H,7,12-17H2,1-2H3,(H2-,25,26,28,29)/p+1. The van der Waals surface area contributed by atoms with Gasteiger partial charge < -0.3 is 15.5 Å². The summed E-state index contributed by atoms with van der Waals surface area (Å²) < 4.78 is 0.440. The smallest absolute Gasteiger partial charge is 0.279 e. The van der Waals surface area contributed by atoms with Crippen molar-refractivity contribution < 1.29 is 14.1 Å². The molecule has 1 aliphatic rings. The summed E-state index contributed by atoms with van der Waals surface area (Å²) in [5, 5.41) is 3.08. The summed E-state index contributed by atoms with van der Waals surface area (Å²) in [6, 6.07) is 16.5. The van der Waals surface area contributed by atoms with Crippen molar-refractivity contribution in [3.05, 3.63) is 65.2 Å². The zero-order valence-corrected chi connectivity index (χ0v) is 17.5. The lowest BCUT2D eigenvalue weighted by Gasteiger charge is -2.36. The molecular weight excluding hydrogens is 362 g/mol. The van der Waals surface area contributed by atoms with E-state index in [1.807, 2.05) is 38.1 Å². The molecule has 3 N–H and O–H groups in total. The maximum absolute atomic E-state index is 13.0. The number of quaternary nitrogens is 1. The molecule has 0 radical (unpaired) electrons. The number of anilines is 1. The van der Waals surface area contributed by atoms with Crippen LogP contribution in [0.2, 0.25) is 0 Å². The second-order valence-corrected chi connectivity index (χ2v) is 8.42. The lowest BCUT2D eigenvalue weighted by atomic mass is 9.92. The van der Waals surface area contributed by atoms with Crippen LogP contribution in [0.4, 0.5) is 5.69 Å². The molecule has 2 amide bonds. The Bertz CT molecular complexity index is 845. The van der Waals surface area contributed by atoms with E-state index >= 15 is 0 Å². The monoisotopic (exact) mass is 394 g/mol. The normalized spacial score (nSPS) is 21.9. The van der Waals surface area contributed by atoms with Crippen molar-refractivity contribution in [1.82, 2.24) is 0 Å². The molecule has 154 valence electrons. The molecular formula is C24H32N3O2+. The molecule has 1 fully saturated rings. The molecule has 0 bridgehead atoms. The number of carbonyl (C=O) groups is 2. The second-order valence-electron chi connectivity index (χ2n) is 8.42. The first-order chi connectivity index (χ1) is 13.9. The van der Waals surface area contributed by atoms with Gasteiger partial charge in [0.1, 0.15) is 0 Å². The third-order valence-corrected chi connectivity index (χ3v) is 6.12. The first-order valence-electron chi connectivity index (χ1n) is 10.4. The third-order valence-electron chi connectivity index (χ3n) is 6.12. The summed E-state index contributed by atoms with van der Waals surface area (Å²) >= 11 is 0. The zero-order valence-electron chi connectivity index (χ0n) is 17.5. The summed E-state index contributed by atoms with van der Waals surface area (Å²) in [6.07, 6.45) is 3.00. The van der Waals surface area contributed by atoms with Crippen LogP contribution < -0.4 is 11.1 Å². The van der Waals surface area contributed by atoms with Crippen molar-refractivity contribution in [3.63, 3.8) is 0 Å². The predicted octanol–water partition coefficient (Wildman–Crippen LogP) is 3.51. The van der Waals surface area contributed by atoms with Gasteiger partial charge in [-0.2, -0.15) is 0 Å². The second kappa shape index (κ2) is 9.23. The van der Waals surface area contributed by atoms with Crippen molar-refractivity contribution >= 4 is 17.5 Å². The molecule has 2 aromatic carbocycles. The van der Waals surface area contributed by atoms with Crippen LogP contribution in [0.25, 0.3) is 0 Å². The number of nitrogens with one attached hydrogen (secondary N) is 1. The Labute approximate surface area is 173 Å². The molecule has 1 heterocycles. The van der Waals surface area contributed by atoms with Gasteiger partial charge in [0.05, 0.1) is 13.1 Å². The number of carbonyl (C=O) groups excluding carboxylic acids is 2. The summed E-state index contributed by atoms with van der Waals surface area (Å²) in [6.45, 7) is 6.05. The summed E-state index contributed by atoms with van der Waals surface area (Å²) in [5.41, 5.74) is 9.89. The van der Waals surface area contributed by atoms with E-state index in [9.17, 15) is 9.59 Å². The topological polar surface area (TPSA) is 72.2 Å². The van der Waals surface area contributed by atoms with E-state index in [0.29, 0.717) is 10.4 Å². The van der Waals surface area contributed by atoms with Gasteiger partial charge >= 0.3 is 0 Å². The summed E-state index contributed by atoms with van der Waals surface area (Å²) in [5.74, 6) is 0.0654. The van der Waals surface area contributed by atoms with E-state index in [1.54, 1.807) is 0 Å². The maximum atomic E-state index is 13.0. The van der Waals surface area contributed by atoms with Gasteiger partial charge in [-0.05, 0) is 49.3 Å². The molecule has 29 heavy (non-hydrogen) atoms. The predicted molar refractivity (Wildman–Crippen MR) is 117 cm³/mol. The van der Waals surface area contributed by atoms with E-state index in [-0.39, 0.29) is 24.9 Å². The van der Waals surface area contributed by atoms with Crippen molar-refractivity contribution in [3.8, 4) is 0 Å². The number of amides is 2. The van der Waals surface area contributed by atoms with Crippen LogP contribution in [0.5, 0.6) is 0 Å². The van der Waals surface area contributed by atoms with E-state index in [4.69, 9.17) is 5.73 Å². The van der Waals surface area contributed by atoms with Crippen molar-refractivity contribution in [2.75, 3.05) is 31.5 Å². The quantitative estimate of drug-likeness (QED) is 0.736. The Kier molecular flexibility index (Phi) is 6.70.